The molecule has 30 heavy (non-hydrogen) atoms. The van der Waals surface area contributed by atoms with Gasteiger partial charge in [0.1, 0.15) is 16.8 Å². The summed E-state index contributed by atoms with van der Waals surface area (Å²) in [6.45, 7) is 3.90. The number of hydrogen-bond acceptors (Lipinski definition) is 9. The van der Waals surface area contributed by atoms with E-state index >= 15 is 0 Å². The number of carbonyl (C=O) groups excluding carboxylic acids is 1. The predicted octanol–water partition coefficient (Wildman–Crippen LogP) is 0.890. The molecule has 0 spiro atoms. The molecule has 1 atom stereocenters. The minimum absolute atomic E-state index is 0.0469. The van der Waals surface area contributed by atoms with E-state index in [1.165, 1.54) is 0 Å². The van der Waals surface area contributed by atoms with Crippen LogP contribution in [0.2, 0.25) is 0 Å². The average molecular weight is 437 g/mol. The number of ether oxygens (including phenoxy) is 3. The van der Waals surface area contributed by atoms with Gasteiger partial charge in [-0.15, -0.1) is 0 Å². The third-order valence-electron chi connectivity index (χ3n) is 6.21. The molecule has 164 valence electrons. The number of carbonyl (C=O) groups is 1. The first-order valence-electron chi connectivity index (χ1n) is 10.8. The second kappa shape index (κ2) is 8.76. The zero-order chi connectivity index (χ0) is 20.5. The van der Waals surface area contributed by atoms with Gasteiger partial charge in [0, 0.05) is 44.6 Å². The van der Waals surface area contributed by atoms with E-state index in [1.54, 1.807) is 0 Å². The highest BCUT2D eigenvalue weighted by molar-refractivity contribution is 7.85. The Bertz CT molecular complexity index is 820. The number of aryl methyl sites for hydroxylation is 1. The molecule has 0 radical (unpaired) electrons. The van der Waals surface area contributed by atoms with Crippen molar-refractivity contribution in [2.24, 2.45) is 5.92 Å². The molecule has 1 N–H and O–H groups in total. The Labute approximate surface area is 178 Å². The number of fused-ring (bicyclic) bond motifs is 1. The molecule has 0 aromatic carbocycles. The molecule has 0 amide bonds. The molecule has 0 unspecified atom stereocenters. The van der Waals surface area contributed by atoms with Crippen molar-refractivity contribution in [1.29, 1.82) is 0 Å². The molecule has 0 bridgehead atoms. The van der Waals surface area contributed by atoms with Crippen LogP contribution >= 0.6 is 0 Å². The number of esters is 1. The minimum Gasteiger partial charge on any atom is -0.458 e. The van der Waals surface area contributed by atoms with Crippen LogP contribution in [0.15, 0.2) is 4.90 Å². The maximum absolute atomic E-state index is 12.5. The van der Waals surface area contributed by atoms with Gasteiger partial charge in [0.2, 0.25) is 5.95 Å². The van der Waals surface area contributed by atoms with Crippen molar-refractivity contribution in [2.45, 2.75) is 49.1 Å². The summed E-state index contributed by atoms with van der Waals surface area (Å²) in [7, 11) is -1.05. The van der Waals surface area contributed by atoms with Crippen molar-refractivity contribution in [1.82, 2.24) is 9.97 Å². The van der Waals surface area contributed by atoms with E-state index in [-0.39, 0.29) is 24.0 Å². The molecule has 0 aliphatic carbocycles. The first-order chi connectivity index (χ1) is 14.7. The molecule has 1 aromatic rings. The highest BCUT2D eigenvalue weighted by Gasteiger charge is 2.36. The van der Waals surface area contributed by atoms with Gasteiger partial charge in [-0.1, -0.05) is 0 Å². The van der Waals surface area contributed by atoms with E-state index in [4.69, 9.17) is 19.2 Å². The van der Waals surface area contributed by atoms with Gasteiger partial charge in [-0.05, 0) is 25.7 Å². The van der Waals surface area contributed by atoms with E-state index in [9.17, 15) is 9.00 Å². The van der Waals surface area contributed by atoms with Crippen LogP contribution in [0.4, 0.5) is 11.8 Å². The van der Waals surface area contributed by atoms with Crippen LogP contribution in [0, 0.1) is 5.92 Å². The molecule has 5 rings (SSSR count). The van der Waals surface area contributed by atoms with Crippen molar-refractivity contribution in [2.75, 3.05) is 55.5 Å². The molecule has 4 aliphatic rings. The second-order valence-electron chi connectivity index (χ2n) is 8.33. The molecule has 1 aromatic heterocycles. The number of rotatable bonds is 5. The third kappa shape index (κ3) is 4.17. The fraction of sp³-hybridized carbons (Fsp3) is 0.750. The smallest absolute Gasteiger partial charge is 0.309 e. The fourth-order valence-corrected chi connectivity index (χ4v) is 5.64. The van der Waals surface area contributed by atoms with E-state index < -0.39 is 10.8 Å². The van der Waals surface area contributed by atoms with Crippen LogP contribution in [0.25, 0.3) is 0 Å². The van der Waals surface area contributed by atoms with Gasteiger partial charge in [0.15, 0.2) is 0 Å². The maximum atomic E-state index is 12.5. The molecule has 3 fully saturated rings. The highest BCUT2D eigenvalue weighted by Crippen LogP contribution is 2.32. The minimum atomic E-state index is -1.05. The lowest BCUT2D eigenvalue weighted by Crippen LogP contribution is -2.54. The molecule has 4 aliphatic heterocycles. The zero-order valence-electron chi connectivity index (χ0n) is 17.0. The Hall–Kier alpha value is -1.78. The van der Waals surface area contributed by atoms with E-state index in [1.807, 2.05) is 4.90 Å². The van der Waals surface area contributed by atoms with Crippen molar-refractivity contribution >= 4 is 28.5 Å². The van der Waals surface area contributed by atoms with Crippen LogP contribution < -0.4 is 10.2 Å². The summed E-state index contributed by atoms with van der Waals surface area (Å²) in [6, 6.07) is 0.271. The van der Waals surface area contributed by atoms with Crippen LogP contribution in [0.5, 0.6) is 0 Å². The quantitative estimate of drug-likeness (QED) is 0.674. The molecular formula is C20H28N4O5S. The summed E-state index contributed by atoms with van der Waals surface area (Å²) in [5.74, 6) is 1.76. The van der Waals surface area contributed by atoms with Gasteiger partial charge >= 0.3 is 5.97 Å². The molecule has 9 nitrogen and oxygen atoms in total. The van der Waals surface area contributed by atoms with Crippen molar-refractivity contribution in [3.05, 3.63) is 5.69 Å². The highest BCUT2D eigenvalue weighted by atomic mass is 32.2. The Balaban J connectivity index is 1.24. The van der Waals surface area contributed by atoms with Crippen LogP contribution in [-0.2, 0) is 36.2 Å². The predicted molar refractivity (Wildman–Crippen MR) is 110 cm³/mol. The Morgan fingerprint density at radius 2 is 1.77 bits per heavy atom. The summed E-state index contributed by atoms with van der Waals surface area (Å²) < 4.78 is 28.9. The zero-order valence-corrected chi connectivity index (χ0v) is 17.8. The lowest BCUT2D eigenvalue weighted by molar-refractivity contribution is -0.158. The Kier molecular flexibility index (Phi) is 5.88. The van der Waals surface area contributed by atoms with Gasteiger partial charge in [0.25, 0.3) is 0 Å². The summed E-state index contributed by atoms with van der Waals surface area (Å²) in [6.07, 6.45) is 3.88. The Morgan fingerprint density at radius 3 is 2.50 bits per heavy atom. The second-order valence-corrected chi connectivity index (χ2v) is 9.84. The number of hydrogen-bond donors (Lipinski definition) is 1. The summed E-state index contributed by atoms with van der Waals surface area (Å²) in [5.41, 5.74) is 0.871. The lowest BCUT2D eigenvalue weighted by Gasteiger charge is -2.39. The van der Waals surface area contributed by atoms with Gasteiger partial charge < -0.3 is 24.4 Å². The standard InChI is InChI=1S/C20H28N4O5S/c25-19(13-1-6-27-7-2-13)29-15-11-24(12-15)20-22-16-5-10-30(26)17(16)18(23-20)21-14-3-8-28-9-4-14/h13-15H,1-12H2,(H,21,22,23)/t30-/m1/s1. The van der Waals surface area contributed by atoms with Gasteiger partial charge in [0.05, 0.1) is 35.5 Å². The average Bonchev–Trinajstić information content (AvgIpc) is 3.12. The molecule has 3 saturated heterocycles. The number of aromatic nitrogens is 2. The molecule has 0 saturated carbocycles. The molecule has 5 heterocycles. The fourth-order valence-electron chi connectivity index (χ4n) is 4.33. The monoisotopic (exact) mass is 436 g/mol. The van der Waals surface area contributed by atoms with Gasteiger partial charge in [-0.2, -0.15) is 4.98 Å². The van der Waals surface area contributed by atoms with Gasteiger partial charge in [-0.3, -0.25) is 9.00 Å². The number of nitrogens with one attached hydrogen (secondary N) is 1. The SMILES string of the molecule is O=C(OC1CN(c2nc3c(c(NC4CCOCC4)n2)[S@](=O)CC3)C1)C1CCOCC1. The largest absolute Gasteiger partial charge is 0.458 e. The van der Waals surface area contributed by atoms with E-state index in [0.29, 0.717) is 50.2 Å². The van der Waals surface area contributed by atoms with E-state index in [2.05, 4.69) is 10.3 Å². The number of anilines is 2. The molecular weight excluding hydrogens is 408 g/mol. The van der Waals surface area contributed by atoms with Crippen LogP contribution in [0.3, 0.4) is 0 Å². The first kappa shape index (κ1) is 20.1. The summed E-state index contributed by atoms with van der Waals surface area (Å²) in [5, 5.41) is 3.49. The van der Waals surface area contributed by atoms with Crippen molar-refractivity contribution in [3.8, 4) is 0 Å². The normalized spacial score (nSPS) is 25.6. The topological polar surface area (TPSA) is 103 Å². The van der Waals surface area contributed by atoms with Crippen molar-refractivity contribution in [3.63, 3.8) is 0 Å². The lowest BCUT2D eigenvalue weighted by atomic mass is 10.0. The molecule has 10 heteroatoms. The maximum Gasteiger partial charge on any atom is 0.309 e. The Morgan fingerprint density at radius 1 is 1.07 bits per heavy atom. The van der Waals surface area contributed by atoms with Crippen LogP contribution in [-0.4, -0.2) is 77.6 Å². The summed E-state index contributed by atoms with van der Waals surface area (Å²) in [4.78, 5) is 24.5. The van der Waals surface area contributed by atoms with E-state index in [0.717, 1.165) is 49.5 Å². The van der Waals surface area contributed by atoms with Gasteiger partial charge in [-0.25, -0.2) is 4.98 Å². The summed E-state index contributed by atoms with van der Waals surface area (Å²) >= 11 is 0. The van der Waals surface area contributed by atoms with Crippen molar-refractivity contribution < 1.29 is 23.2 Å². The first-order valence-corrected chi connectivity index (χ1v) is 12.2. The van der Waals surface area contributed by atoms with Crippen LogP contribution in [0.1, 0.15) is 31.4 Å². The third-order valence-corrected chi connectivity index (χ3v) is 7.67. The number of nitrogens with zero attached hydrogens (tertiary/aromatic N) is 3.